The number of hydrogen-bond donors (Lipinski definition) is 0. The van der Waals surface area contributed by atoms with Crippen molar-refractivity contribution < 1.29 is 17.6 Å². The average Bonchev–Trinajstić information content (AvgIpc) is 3.93. The van der Waals surface area contributed by atoms with Gasteiger partial charge in [0.1, 0.15) is 11.0 Å². The van der Waals surface area contributed by atoms with Crippen molar-refractivity contribution in [1.29, 1.82) is 0 Å². The second-order valence-corrected chi connectivity index (χ2v) is 70.9. The first kappa shape index (κ1) is 46.4. The maximum absolute atomic E-state index is 15.4. The van der Waals surface area contributed by atoms with Crippen LogP contribution in [0.4, 0.5) is 17.6 Å². The molecule has 0 saturated heterocycles. The van der Waals surface area contributed by atoms with Crippen LogP contribution in [0, 0.1) is 23.3 Å². The Morgan fingerprint density at radius 2 is 0.750 bits per heavy atom. The molecule has 18 heteroatoms. The third kappa shape index (κ3) is 10.2. The molecule has 0 aliphatic rings. The number of rotatable bonds is 6. The van der Waals surface area contributed by atoms with Crippen LogP contribution in [0.15, 0.2) is 59.3 Å². The van der Waals surface area contributed by atoms with E-state index in [0.717, 1.165) is 33.2 Å². The van der Waals surface area contributed by atoms with Crippen molar-refractivity contribution >= 4 is 160 Å². The number of halogens is 5. The Labute approximate surface area is 366 Å². The minimum absolute atomic E-state index is 0. The summed E-state index contributed by atoms with van der Waals surface area (Å²) in [5, 5.41) is 3.65. The van der Waals surface area contributed by atoms with Gasteiger partial charge in [0.2, 0.25) is 0 Å². The van der Waals surface area contributed by atoms with Crippen LogP contribution in [0.5, 0.6) is 0 Å². The fourth-order valence-corrected chi connectivity index (χ4v) is 20.7. The molecule has 8 aromatic rings. The fraction of sp³-hybridized carbons (Fsp3) is 0.263. The predicted octanol–water partition coefficient (Wildman–Crippen LogP) is 14.6. The van der Waals surface area contributed by atoms with E-state index in [4.69, 9.17) is 8.92 Å². The molecule has 0 unspecified atom stereocenters. The van der Waals surface area contributed by atoms with Crippen LogP contribution < -0.4 is 5.79 Å². The number of nitrogens with zero attached hydrogens (tertiary/aromatic N) is 4. The van der Waals surface area contributed by atoms with E-state index < -0.39 is 77.3 Å². The molecule has 4 nitrogen and oxygen atoms in total. The second kappa shape index (κ2) is 18.5. The molecule has 56 heavy (non-hydrogen) atoms. The van der Waals surface area contributed by atoms with Gasteiger partial charge in [-0.05, 0) is 22.9 Å². The van der Waals surface area contributed by atoms with Crippen molar-refractivity contribution in [3.63, 3.8) is 0 Å². The van der Waals surface area contributed by atoms with E-state index >= 15 is 8.78 Å². The van der Waals surface area contributed by atoms with Crippen molar-refractivity contribution in [1.82, 2.24) is 17.5 Å². The Balaban J connectivity index is 0.000000195. The molecule has 0 aliphatic heterocycles. The Bertz CT molecular complexity index is 2410. The zero-order valence-corrected chi connectivity index (χ0v) is 45.6. The zero-order chi connectivity index (χ0) is 40.0. The van der Waals surface area contributed by atoms with Crippen LogP contribution in [0.2, 0.25) is 44.5 Å². The summed E-state index contributed by atoms with van der Waals surface area (Å²) in [5.74, 6) is -3.35. The van der Waals surface area contributed by atoms with E-state index in [1.54, 1.807) is 46.9 Å². The Morgan fingerprint density at radius 1 is 0.464 bits per heavy atom. The molecule has 0 saturated carbocycles. The van der Waals surface area contributed by atoms with Gasteiger partial charge in [-0.2, -0.15) is 8.75 Å². The molecular weight excluding hydrogens is 1170 g/mol. The van der Waals surface area contributed by atoms with Crippen molar-refractivity contribution in [2.75, 3.05) is 0 Å². The number of hydrogen-bond acceptors (Lipinski definition) is 10. The van der Waals surface area contributed by atoms with Gasteiger partial charge in [0.05, 0.1) is 22.9 Å². The second-order valence-electron chi connectivity index (χ2n) is 15.5. The van der Waals surface area contributed by atoms with E-state index in [1.807, 2.05) is 22.9 Å². The number of fused-ring (bicyclic) bond motifs is 2. The van der Waals surface area contributed by atoms with Crippen LogP contribution in [-0.4, -0.2) is 71.5 Å². The van der Waals surface area contributed by atoms with Gasteiger partial charge in [-0.25, -0.2) is 8.78 Å². The molecule has 296 valence electrons. The van der Waals surface area contributed by atoms with Gasteiger partial charge in [-0.15, -0.1) is 22.7 Å². The third-order valence-corrected chi connectivity index (χ3v) is 31.9. The van der Waals surface area contributed by atoms with E-state index in [1.165, 1.54) is 28.5 Å². The number of benzene rings is 2. The summed E-state index contributed by atoms with van der Waals surface area (Å²) >= 11 is 1.56. The quantitative estimate of drug-likeness (QED) is 0.123. The van der Waals surface area contributed by atoms with Gasteiger partial charge in [0.15, 0.2) is 11.6 Å². The van der Waals surface area contributed by atoms with Crippen molar-refractivity contribution in [2.45, 2.75) is 51.9 Å². The first-order valence-corrected chi connectivity index (χ1v) is 54.0. The van der Waals surface area contributed by atoms with Gasteiger partial charge < -0.3 is 0 Å². The topological polar surface area (TPSA) is 51.6 Å². The first-order valence-electron chi connectivity index (χ1n) is 17.0. The van der Waals surface area contributed by atoms with Crippen LogP contribution in [0.3, 0.4) is 0 Å². The summed E-state index contributed by atoms with van der Waals surface area (Å²) in [7, 11) is 5.74. The van der Waals surface area contributed by atoms with Crippen molar-refractivity contribution in [3.8, 4) is 41.8 Å². The summed E-state index contributed by atoms with van der Waals surface area (Å²) in [6.07, 6.45) is 0. The molecule has 0 amide bonds. The van der Waals surface area contributed by atoms with Gasteiger partial charge in [-0.1, -0.05) is 19.6 Å². The van der Waals surface area contributed by atoms with Crippen molar-refractivity contribution in [3.05, 3.63) is 82.6 Å². The maximum atomic E-state index is 15.4. The van der Waals surface area contributed by atoms with Crippen molar-refractivity contribution in [2.24, 2.45) is 0 Å². The molecule has 2 aromatic carbocycles. The molecule has 0 radical (unpaired) electrons. The van der Waals surface area contributed by atoms with Crippen LogP contribution in [0.1, 0.15) is 7.43 Å². The SMILES string of the molecule is C.Fc1c(F)c(-c2cccs2)c2nsnc2c1-c1cccs1.[CH3][Sn]([CH3])([CH3])[Cl].[CH3][Sn]([CH3])([CH3])[c]1ccc(-c2c(F)c(F)c(-c3cc[c]([Sn]([CH3])([CH3])[CH3])s3)c3nsnc23)s1. The van der Waals surface area contributed by atoms with Gasteiger partial charge in [-0.3, -0.25) is 0 Å². The van der Waals surface area contributed by atoms with E-state index in [2.05, 4.69) is 74.1 Å². The first-order chi connectivity index (χ1) is 25.8. The van der Waals surface area contributed by atoms with Crippen LogP contribution >= 0.6 is 77.7 Å². The van der Waals surface area contributed by atoms with Crippen LogP contribution in [0.25, 0.3) is 63.8 Å². The van der Waals surface area contributed by atoms with Gasteiger partial charge in [0.25, 0.3) is 0 Å². The summed E-state index contributed by atoms with van der Waals surface area (Å²) in [6, 6.07) is 15.1. The molecule has 6 aromatic heterocycles. The standard InChI is InChI=1S/C14H6F2N2S3.C14H4F2N2S3.CH4.9CH3.ClH.3Sn/c2*15-11-9(7-3-1-5-19-7)13-14(18-21-17-13)10(12(11)16)8-4-2-6-20-8;;;;;;;;;;;;;;/h1-6H;1-4H;1H4;9*1H3;1H;;;/q;;;;;;;;;;;;;;;+1/p-1. The summed E-state index contributed by atoms with van der Waals surface area (Å²) < 4.78 is 79.8. The molecule has 6 heterocycles. The van der Waals surface area contributed by atoms with Gasteiger partial charge in [0, 0.05) is 9.75 Å². The predicted molar refractivity (Wildman–Crippen MR) is 250 cm³/mol. The van der Waals surface area contributed by atoms with E-state index in [9.17, 15) is 8.78 Å². The monoisotopic (exact) mass is 1220 g/mol. The molecule has 0 aliphatic carbocycles. The molecule has 0 fully saturated rings. The zero-order valence-electron chi connectivity index (χ0n) is 31.4. The van der Waals surface area contributed by atoms with Crippen LogP contribution in [-0.2, 0) is 0 Å². The number of aromatic nitrogens is 4. The van der Waals surface area contributed by atoms with E-state index in [-0.39, 0.29) is 29.7 Å². The molecule has 0 bridgehead atoms. The van der Waals surface area contributed by atoms with Gasteiger partial charge >= 0.3 is 233 Å². The Hall–Kier alpha value is -0.714. The Kier molecular flexibility index (Phi) is 15.3. The molecule has 0 N–H and O–H groups in total. The normalized spacial score (nSPS) is 12.0. The fourth-order valence-electron chi connectivity index (χ4n) is 5.38. The summed E-state index contributed by atoms with van der Waals surface area (Å²) in [6.45, 7) is 0. The molecular formula is C38H41ClF4N4S6Sn3. The Morgan fingerprint density at radius 3 is 0.982 bits per heavy atom. The summed E-state index contributed by atoms with van der Waals surface area (Å²) in [4.78, 5) is 23.2. The molecule has 0 spiro atoms. The van der Waals surface area contributed by atoms with E-state index in [0.29, 0.717) is 31.8 Å². The molecule has 8 rings (SSSR count). The average molecular weight is 1210 g/mol. The minimum atomic E-state index is -2.29. The molecule has 0 atom stereocenters. The third-order valence-electron chi connectivity index (χ3n) is 7.91. The summed E-state index contributed by atoms with van der Waals surface area (Å²) in [5.41, 5.74) is 2.70. The number of thiophene rings is 4.